The van der Waals surface area contributed by atoms with Crippen molar-refractivity contribution >= 4 is 5.78 Å². The molecule has 24 heavy (non-hydrogen) atoms. The van der Waals surface area contributed by atoms with E-state index in [4.69, 9.17) is 4.74 Å². The van der Waals surface area contributed by atoms with E-state index in [-0.39, 0.29) is 5.41 Å². The smallest absolute Gasteiger partial charge is 0.139 e. The Morgan fingerprint density at radius 1 is 1.12 bits per heavy atom. The molecule has 4 rings (SSSR count). The lowest BCUT2D eigenvalue weighted by molar-refractivity contribution is -0.131. The van der Waals surface area contributed by atoms with Gasteiger partial charge in [-0.05, 0) is 80.8 Å². The molecule has 2 heteroatoms. The van der Waals surface area contributed by atoms with Crippen molar-refractivity contribution in [3.05, 3.63) is 23.0 Å². The minimum absolute atomic E-state index is 0.0176. The Balaban J connectivity index is 1.72. The lowest BCUT2D eigenvalue weighted by atomic mass is 9.48. The number of Topliss-reactive ketones (excluding diaryl/α,β-unsaturated/α-hetero) is 1. The second-order valence-electron chi connectivity index (χ2n) is 9.15. The van der Waals surface area contributed by atoms with Crippen molar-refractivity contribution in [2.24, 2.45) is 28.6 Å². The van der Waals surface area contributed by atoms with Crippen LogP contribution in [0.4, 0.5) is 0 Å². The summed E-state index contributed by atoms with van der Waals surface area (Å²) in [6.45, 7) is 9.95. The molecule has 2 saturated carbocycles. The van der Waals surface area contributed by atoms with Crippen LogP contribution in [0.25, 0.3) is 0 Å². The summed E-state index contributed by atoms with van der Waals surface area (Å²) in [5.74, 6) is 3.81. The summed E-state index contributed by atoms with van der Waals surface area (Å²) >= 11 is 0. The van der Waals surface area contributed by atoms with Gasteiger partial charge in [0.1, 0.15) is 5.78 Å². The highest BCUT2D eigenvalue weighted by molar-refractivity contribution is 5.87. The molecule has 4 aliphatic carbocycles. The van der Waals surface area contributed by atoms with Gasteiger partial charge in [-0.3, -0.25) is 4.79 Å². The predicted molar refractivity (Wildman–Crippen MR) is 96.4 cm³/mol. The van der Waals surface area contributed by atoms with Gasteiger partial charge in [0.15, 0.2) is 0 Å². The van der Waals surface area contributed by atoms with Crippen LogP contribution >= 0.6 is 0 Å². The van der Waals surface area contributed by atoms with E-state index in [1.54, 1.807) is 11.1 Å². The molecule has 0 aromatic carbocycles. The molecule has 0 unspecified atom stereocenters. The van der Waals surface area contributed by atoms with E-state index < -0.39 is 0 Å². The van der Waals surface area contributed by atoms with Crippen LogP contribution in [0.3, 0.4) is 0 Å². The Morgan fingerprint density at radius 3 is 2.62 bits per heavy atom. The average molecular weight is 328 g/mol. The Labute approximate surface area is 146 Å². The molecule has 0 N–H and O–H groups in total. The quantitative estimate of drug-likeness (QED) is 0.675. The van der Waals surface area contributed by atoms with Gasteiger partial charge in [-0.2, -0.15) is 0 Å². The third-order valence-electron chi connectivity index (χ3n) is 8.11. The van der Waals surface area contributed by atoms with Gasteiger partial charge >= 0.3 is 0 Å². The molecule has 0 heterocycles. The van der Waals surface area contributed by atoms with Crippen molar-refractivity contribution in [3.63, 3.8) is 0 Å². The summed E-state index contributed by atoms with van der Waals surface area (Å²) in [6, 6.07) is 0. The monoisotopic (exact) mass is 328 g/mol. The zero-order valence-electron chi connectivity index (χ0n) is 15.8. The van der Waals surface area contributed by atoms with Gasteiger partial charge in [0.05, 0.1) is 12.4 Å². The number of ether oxygens (including phenoxy) is 1. The molecule has 2 nitrogen and oxygen atoms in total. The normalized spacial score (nSPS) is 44.6. The fourth-order valence-corrected chi connectivity index (χ4v) is 6.81. The van der Waals surface area contributed by atoms with Crippen molar-refractivity contribution in [3.8, 4) is 0 Å². The van der Waals surface area contributed by atoms with Crippen molar-refractivity contribution in [1.82, 2.24) is 0 Å². The maximum absolute atomic E-state index is 12.5. The molecule has 4 aliphatic rings. The molecule has 0 bridgehead atoms. The molecule has 2 fully saturated rings. The maximum atomic E-state index is 12.5. The van der Waals surface area contributed by atoms with Crippen LogP contribution in [0.5, 0.6) is 0 Å². The Morgan fingerprint density at radius 2 is 1.88 bits per heavy atom. The maximum Gasteiger partial charge on any atom is 0.139 e. The third-order valence-corrected chi connectivity index (χ3v) is 8.11. The zero-order valence-corrected chi connectivity index (χ0v) is 15.8. The van der Waals surface area contributed by atoms with Gasteiger partial charge in [-0.15, -0.1) is 0 Å². The summed E-state index contributed by atoms with van der Waals surface area (Å²) < 4.78 is 5.84. The third kappa shape index (κ3) is 2.10. The van der Waals surface area contributed by atoms with Crippen LogP contribution in [0, 0.1) is 28.6 Å². The van der Waals surface area contributed by atoms with Crippen molar-refractivity contribution < 1.29 is 9.53 Å². The Hall–Kier alpha value is -1.05. The zero-order chi connectivity index (χ0) is 17.1. The number of ketones is 1. The lowest BCUT2D eigenvalue weighted by Gasteiger charge is -2.56. The van der Waals surface area contributed by atoms with Crippen molar-refractivity contribution in [1.29, 1.82) is 0 Å². The Bertz CT molecular complexity index is 628. The van der Waals surface area contributed by atoms with Crippen LogP contribution in [0.1, 0.15) is 72.6 Å². The first-order chi connectivity index (χ1) is 11.4. The second kappa shape index (κ2) is 5.47. The largest absolute Gasteiger partial charge is 0.498 e. The fraction of sp³-hybridized carbons (Fsp3) is 0.773. The number of carbonyl (C=O) groups is 1. The van der Waals surface area contributed by atoms with Gasteiger partial charge in [0, 0.05) is 18.3 Å². The van der Waals surface area contributed by atoms with E-state index in [1.165, 1.54) is 25.0 Å². The molecular weight excluding hydrogens is 296 g/mol. The molecule has 0 amide bonds. The minimum Gasteiger partial charge on any atom is -0.498 e. The molecule has 0 aliphatic heterocycles. The molecule has 0 saturated heterocycles. The molecular formula is C22H32O2. The van der Waals surface area contributed by atoms with Crippen LogP contribution in [0.2, 0.25) is 0 Å². The van der Waals surface area contributed by atoms with Crippen molar-refractivity contribution in [2.45, 2.75) is 72.6 Å². The van der Waals surface area contributed by atoms with Gasteiger partial charge < -0.3 is 4.74 Å². The number of carbonyl (C=O) groups excluding carboxylic acids is 1. The summed E-state index contributed by atoms with van der Waals surface area (Å²) in [6.07, 6.45) is 10.1. The summed E-state index contributed by atoms with van der Waals surface area (Å²) in [7, 11) is 0. The van der Waals surface area contributed by atoms with E-state index in [2.05, 4.69) is 33.8 Å². The number of rotatable bonds is 2. The number of allylic oxidation sites excluding steroid dienone is 4. The van der Waals surface area contributed by atoms with E-state index in [0.717, 1.165) is 38.2 Å². The topological polar surface area (TPSA) is 26.3 Å². The SMILES string of the molecule is CCOC1=CC2=C(C)C[C@@H]3[C@H](CC[C@]4(C)C(=O)CC[C@@H]34)[C@@]2(C)CC1. The molecule has 0 spiro atoms. The van der Waals surface area contributed by atoms with Crippen LogP contribution < -0.4 is 0 Å². The average Bonchev–Trinajstić information content (AvgIpc) is 2.85. The Kier molecular flexibility index (Phi) is 3.75. The number of hydrogen-bond donors (Lipinski definition) is 0. The van der Waals surface area contributed by atoms with E-state index >= 15 is 0 Å². The van der Waals surface area contributed by atoms with E-state index in [1.807, 2.05) is 0 Å². The fourth-order valence-electron chi connectivity index (χ4n) is 6.81. The van der Waals surface area contributed by atoms with Gasteiger partial charge in [-0.1, -0.05) is 19.4 Å². The molecule has 0 aromatic heterocycles. The standard InChI is InChI=1S/C22H32O2/c1-5-24-15-8-10-21(3)18-9-11-22(4)17(6-7-20(22)23)16(18)12-14(2)19(21)13-15/h13,16-18H,5-12H2,1-4H3/t16-,17-,18-,21+,22-/m0/s1. The van der Waals surface area contributed by atoms with Gasteiger partial charge in [-0.25, -0.2) is 0 Å². The summed E-state index contributed by atoms with van der Waals surface area (Å²) in [5.41, 5.74) is 3.39. The number of hydrogen-bond acceptors (Lipinski definition) is 2. The highest BCUT2D eigenvalue weighted by atomic mass is 16.5. The predicted octanol–water partition coefficient (Wildman–Crippen LogP) is 5.44. The van der Waals surface area contributed by atoms with Crippen LogP contribution in [-0.4, -0.2) is 12.4 Å². The van der Waals surface area contributed by atoms with Crippen LogP contribution in [0.15, 0.2) is 23.0 Å². The summed E-state index contributed by atoms with van der Waals surface area (Å²) in [5, 5.41) is 0. The van der Waals surface area contributed by atoms with Crippen molar-refractivity contribution in [2.75, 3.05) is 6.61 Å². The minimum atomic E-state index is -0.0176. The number of fused-ring (bicyclic) bond motifs is 5. The van der Waals surface area contributed by atoms with E-state index in [0.29, 0.717) is 23.0 Å². The second-order valence-corrected chi connectivity index (χ2v) is 9.15. The first kappa shape index (κ1) is 16.4. The van der Waals surface area contributed by atoms with Gasteiger partial charge in [0.2, 0.25) is 0 Å². The van der Waals surface area contributed by atoms with E-state index in [9.17, 15) is 4.79 Å². The van der Waals surface area contributed by atoms with Gasteiger partial charge in [0.25, 0.3) is 0 Å². The highest BCUT2D eigenvalue weighted by Gasteiger charge is 2.58. The molecule has 132 valence electrons. The molecule has 0 aromatic rings. The van der Waals surface area contributed by atoms with Crippen LogP contribution in [-0.2, 0) is 9.53 Å². The molecule has 5 atom stereocenters. The molecule has 0 radical (unpaired) electrons. The first-order valence-electron chi connectivity index (χ1n) is 9.97. The lowest BCUT2D eigenvalue weighted by Crippen LogP contribution is -2.50. The highest BCUT2D eigenvalue weighted by Crippen LogP contribution is 2.64. The summed E-state index contributed by atoms with van der Waals surface area (Å²) in [4.78, 5) is 12.5. The first-order valence-corrected chi connectivity index (χ1v) is 9.97.